The maximum Gasteiger partial charge on any atom is 0.193 e. The Morgan fingerprint density at radius 1 is 1.38 bits per heavy atom. The summed E-state index contributed by atoms with van der Waals surface area (Å²) in [5.74, 6) is 1.82. The van der Waals surface area contributed by atoms with Crippen molar-refractivity contribution in [3.8, 4) is 0 Å². The largest absolute Gasteiger partial charge is 0.377 e. The molecule has 0 aromatic heterocycles. The highest BCUT2D eigenvalue weighted by Gasteiger charge is 2.66. The fourth-order valence-corrected chi connectivity index (χ4v) is 4.52. The molecule has 3 aliphatic rings. The van der Waals surface area contributed by atoms with Crippen molar-refractivity contribution in [3.05, 3.63) is 0 Å². The Bertz CT molecular complexity index is 391. The molecule has 1 spiro atoms. The van der Waals surface area contributed by atoms with Gasteiger partial charge in [-0.05, 0) is 32.6 Å². The van der Waals surface area contributed by atoms with Crippen LogP contribution < -0.4 is 5.32 Å². The summed E-state index contributed by atoms with van der Waals surface area (Å²) in [5, 5.41) is 3.82. The predicted octanol–water partition coefficient (Wildman–Crippen LogP) is 2.64. The minimum Gasteiger partial charge on any atom is -0.377 e. The minimum atomic E-state index is 0.432. The summed E-state index contributed by atoms with van der Waals surface area (Å²) in [7, 11) is 2.17. The van der Waals surface area contributed by atoms with Gasteiger partial charge in [0.2, 0.25) is 0 Å². The van der Waals surface area contributed by atoms with Gasteiger partial charge in [-0.15, -0.1) is 0 Å². The summed E-state index contributed by atoms with van der Waals surface area (Å²) < 4.78 is 6.01. The maximum absolute atomic E-state index is 6.01. The zero-order valence-corrected chi connectivity index (χ0v) is 13.9. The molecule has 120 valence electrons. The molecule has 0 aromatic carbocycles. The lowest BCUT2D eigenvalue weighted by atomic mass is 9.46. The van der Waals surface area contributed by atoms with Gasteiger partial charge in [-0.2, -0.15) is 0 Å². The van der Waals surface area contributed by atoms with E-state index in [-0.39, 0.29) is 0 Å². The van der Waals surface area contributed by atoms with Gasteiger partial charge in [0, 0.05) is 44.1 Å². The molecule has 4 heteroatoms. The van der Waals surface area contributed by atoms with E-state index in [1.807, 2.05) is 0 Å². The second-order valence-electron chi connectivity index (χ2n) is 7.03. The van der Waals surface area contributed by atoms with Crippen molar-refractivity contribution >= 4 is 5.96 Å². The fraction of sp³-hybridized carbons (Fsp3) is 0.941. The van der Waals surface area contributed by atoms with E-state index >= 15 is 0 Å². The molecule has 1 saturated heterocycles. The van der Waals surface area contributed by atoms with Crippen LogP contribution in [0.1, 0.15) is 52.4 Å². The molecular formula is C17H31N3O. The highest BCUT2D eigenvalue weighted by atomic mass is 16.5. The van der Waals surface area contributed by atoms with E-state index in [0.29, 0.717) is 23.5 Å². The van der Waals surface area contributed by atoms with E-state index < -0.39 is 0 Å². The molecule has 0 radical (unpaired) electrons. The second-order valence-corrected chi connectivity index (χ2v) is 7.03. The first-order valence-corrected chi connectivity index (χ1v) is 8.86. The Morgan fingerprint density at radius 2 is 2.19 bits per heavy atom. The Balaban J connectivity index is 1.66. The molecule has 21 heavy (non-hydrogen) atoms. The molecular weight excluding hydrogens is 262 g/mol. The summed E-state index contributed by atoms with van der Waals surface area (Å²) in [6, 6.07) is 0.591. The third kappa shape index (κ3) is 2.45. The quantitative estimate of drug-likeness (QED) is 0.625. The number of ether oxygens (including phenoxy) is 1. The third-order valence-corrected chi connectivity index (χ3v) is 5.84. The molecule has 3 unspecified atom stereocenters. The van der Waals surface area contributed by atoms with E-state index in [4.69, 9.17) is 9.73 Å². The summed E-state index contributed by atoms with van der Waals surface area (Å²) in [4.78, 5) is 7.04. The van der Waals surface area contributed by atoms with E-state index in [9.17, 15) is 0 Å². The molecule has 1 N–H and O–H groups in total. The van der Waals surface area contributed by atoms with Crippen molar-refractivity contribution in [1.82, 2.24) is 10.2 Å². The molecule has 0 aromatic rings. The van der Waals surface area contributed by atoms with Crippen molar-refractivity contribution in [1.29, 1.82) is 0 Å². The first kappa shape index (κ1) is 15.1. The van der Waals surface area contributed by atoms with Crippen LogP contribution in [0.5, 0.6) is 0 Å². The molecule has 0 bridgehead atoms. The van der Waals surface area contributed by atoms with Crippen molar-refractivity contribution in [3.63, 3.8) is 0 Å². The van der Waals surface area contributed by atoms with Crippen LogP contribution in [0.25, 0.3) is 0 Å². The predicted molar refractivity (Wildman–Crippen MR) is 86.6 cm³/mol. The van der Waals surface area contributed by atoms with Gasteiger partial charge in [-0.25, -0.2) is 0 Å². The monoisotopic (exact) mass is 293 g/mol. The Labute approximate surface area is 129 Å². The molecule has 4 nitrogen and oxygen atoms in total. The number of hydrogen-bond acceptors (Lipinski definition) is 2. The van der Waals surface area contributed by atoms with Crippen LogP contribution in [-0.4, -0.2) is 49.7 Å². The van der Waals surface area contributed by atoms with E-state index in [2.05, 4.69) is 31.1 Å². The number of unbranched alkanes of at least 4 members (excludes halogenated alkanes) is 1. The van der Waals surface area contributed by atoms with Crippen LogP contribution >= 0.6 is 0 Å². The number of fused-ring (bicyclic) bond motifs is 2. The van der Waals surface area contributed by atoms with Crippen LogP contribution in [0.2, 0.25) is 0 Å². The summed E-state index contributed by atoms with van der Waals surface area (Å²) in [6.07, 6.45) is 8.27. The smallest absolute Gasteiger partial charge is 0.193 e. The number of hydrogen-bond donors (Lipinski definition) is 1. The summed E-state index contributed by atoms with van der Waals surface area (Å²) in [6.45, 7) is 7.27. The molecule has 0 amide bonds. The van der Waals surface area contributed by atoms with E-state index in [1.165, 1.54) is 38.5 Å². The molecule has 1 heterocycles. The average Bonchev–Trinajstić information content (AvgIpc) is 2.84. The van der Waals surface area contributed by atoms with Gasteiger partial charge in [0.1, 0.15) is 0 Å². The van der Waals surface area contributed by atoms with Crippen molar-refractivity contribution in [2.45, 2.75) is 64.5 Å². The molecule has 2 saturated carbocycles. The van der Waals surface area contributed by atoms with Crippen molar-refractivity contribution in [2.24, 2.45) is 16.3 Å². The number of nitrogens with zero attached hydrogens (tertiary/aromatic N) is 2. The second kappa shape index (κ2) is 6.15. The molecule has 2 aliphatic carbocycles. The SMILES string of the molecule is CCCCN(C)C(=NCC)NC1C2CCOC2C12CCC2. The van der Waals surface area contributed by atoms with Crippen LogP contribution in [0.15, 0.2) is 4.99 Å². The lowest BCUT2D eigenvalue weighted by Gasteiger charge is -2.63. The minimum absolute atomic E-state index is 0.432. The standard InChI is InChI=1S/C17H31N3O/c1-4-6-11-20(3)16(18-5-2)19-14-13-8-12-21-15(13)17(14)9-7-10-17/h13-15H,4-12H2,1-3H3,(H,18,19). The topological polar surface area (TPSA) is 36.9 Å². The summed E-state index contributed by atoms with van der Waals surface area (Å²) in [5.41, 5.74) is 0.432. The van der Waals surface area contributed by atoms with Gasteiger partial charge >= 0.3 is 0 Å². The zero-order valence-electron chi connectivity index (χ0n) is 13.9. The zero-order chi connectivity index (χ0) is 14.9. The lowest BCUT2D eigenvalue weighted by molar-refractivity contribution is -0.171. The average molecular weight is 293 g/mol. The Kier molecular flexibility index (Phi) is 4.43. The van der Waals surface area contributed by atoms with Gasteiger partial charge in [0.25, 0.3) is 0 Å². The van der Waals surface area contributed by atoms with Gasteiger partial charge in [-0.3, -0.25) is 4.99 Å². The maximum atomic E-state index is 6.01. The van der Waals surface area contributed by atoms with Gasteiger partial charge < -0.3 is 15.0 Å². The Hall–Kier alpha value is -0.770. The van der Waals surface area contributed by atoms with E-state index in [1.54, 1.807) is 0 Å². The first-order valence-electron chi connectivity index (χ1n) is 8.86. The van der Waals surface area contributed by atoms with Crippen LogP contribution in [0.4, 0.5) is 0 Å². The highest BCUT2D eigenvalue weighted by Crippen LogP contribution is 2.62. The molecule has 3 fully saturated rings. The molecule has 3 atom stereocenters. The van der Waals surface area contributed by atoms with Gasteiger partial charge in [0.05, 0.1) is 6.10 Å². The summed E-state index contributed by atoms with van der Waals surface area (Å²) >= 11 is 0. The Morgan fingerprint density at radius 3 is 2.81 bits per heavy atom. The highest BCUT2D eigenvalue weighted by molar-refractivity contribution is 5.80. The normalized spacial score (nSPS) is 33.3. The first-order chi connectivity index (χ1) is 10.2. The van der Waals surface area contributed by atoms with Gasteiger partial charge in [0.15, 0.2) is 5.96 Å². The fourth-order valence-electron chi connectivity index (χ4n) is 4.52. The van der Waals surface area contributed by atoms with Crippen LogP contribution in [-0.2, 0) is 4.74 Å². The molecule has 1 aliphatic heterocycles. The lowest BCUT2D eigenvalue weighted by Crippen LogP contribution is -2.72. The van der Waals surface area contributed by atoms with Gasteiger partial charge in [-0.1, -0.05) is 19.8 Å². The van der Waals surface area contributed by atoms with Crippen molar-refractivity contribution in [2.75, 3.05) is 26.7 Å². The van der Waals surface area contributed by atoms with E-state index in [0.717, 1.165) is 25.7 Å². The number of guanidine groups is 1. The van der Waals surface area contributed by atoms with Crippen molar-refractivity contribution < 1.29 is 4.74 Å². The third-order valence-electron chi connectivity index (χ3n) is 5.84. The number of aliphatic imine (C=N–C) groups is 1. The number of nitrogens with one attached hydrogen (secondary N) is 1. The van der Waals surface area contributed by atoms with Crippen LogP contribution in [0, 0.1) is 11.3 Å². The van der Waals surface area contributed by atoms with Crippen LogP contribution in [0.3, 0.4) is 0 Å². The number of rotatable bonds is 5. The molecule has 3 rings (SSSR count).